The summed E-state index contributed by atoms with van der Waals surface area (Å²) in [7, 11) is 8.43. The number of aryl methyl sites for hydroxylation is 1. The van der Waals surface area contributed by atoms with Crippen LogP contribution in [-0.2, 0) is 13.5 Å². The van der Waals surface area contributed by atoms with Gasteiger partial charge in [-0.05, 0) is 42.1 Å². The average molecular weight is 410 g/mol. The summed E-state index contributed by atoms with van der Waals surface area (Å²) in [4.78, 5) is 12.4. The zero-order valence-corrected chi connectivity index (χ0v) is 18.6. The lowest BCUT2D eigenvalue weighted by molar-refractivity contribution is -0.683. The van der Waals surface area contributed by atoms with Crippen LogP contribution in [0, 0.1) is 6.92 Å². The molecule has 2 aromatic carbocycles. The number of ketones is 1. The van der Waals surface area contributed by atoms with Crippen LogP contribution < -0.4 is 23.5 Å². The van der Waals surface area contributed by atoms with Crippen LogP contribution in [0.2, 0.25) is 0 Å². The van der Waals surface area contributed by atoms with Crippen LogP contribution in [0.5, 0.6) is 23.0 Å². The monoisotopic (exact) mass is 410 g/mol. The van der Waals surface area contributed by atoms with E-state index in [1.54, 1.807) is 41.4 Å². The van der Waals surface area contributed by atoms with Crippen LogP contribution in [0.15, 0.2) is 30.3 Å². The zero-order valence-electron chi connectivity index (χ0n) is 18.6. The average Bonchev–Trinajstić information content (AvgIpc) is 2.75. The van der Waals surface area contributed by atoms with Crippen LogP contribution in [0.25, 0.3) is 10.8 Å². The third kappa shape index (κ3) is 3.77. The molecule has 0 bridgehead atoms. The third-order valence-corrected chi connectivity index (χ3v) is 5.51. The lowest BCUT2D eigenvalue weighted by Crippen LogP contribution is -2.37. The van der Waals surface area contributed by atoms with Gasteiger partial charge in [0.25, 0.3) is 0 Å². The van der Waals surface area contributed by atoms with Gasteiger partial charge in [0.2, 0.25) is 0 Å². The standard InChI is InChI=1S/C24H28NO5/c1-14-8-16-10-21(27-4)24(30-7)13-19(16)20(25(14)3)9-17-11-22(28-5)23(29-6)12-18(17)15(2)26/h8,10-13H,9H2,1-7H3/q+1. The number of benzene rings is 2. The highest BCUT2D eigenvalue weighted by molar-refractivity contribution is 5.97. The Bertz CT molecular complexity index is 1120. The van der Waals surface area contributed by atoms with Crippen LogP contribution in [-0.4, -0.2) is 34.2 Å². The zero-order chi connectivity index (χ0) is 22.0. The summed E-state index contributed by atoms with van der Waals surface area (Å²) in [5.74, 6) is 2.45. The molecular weight excluding hydrogens is 382 g/mol. The summed E-state index contributed by atoms with van der Waals surface area (Å²) in [6, 6.07) is 9.70. The number of Topliss-reactive ketones (excluding diaryl/α,β-unsaturated/α-hetero) is 1. The van der Waals surface area contributed by atoms with E-state index in [0.29, 0.717) is 35.0 Å². The van der Waals surface area contributed by atoms with Crippen molar-refractivity contribution in [1.29, 1.82) is 0 Å². The second-order valence-corrected chi connectivity index (χ2v) is 7.18. The molecule has 0 saturated carbocycles. The van der Waals surface area contributed by atoms with Gasteiger partial charge in [-0.3, -0.25) is 4.79 Å². The van der Waals surface area contributed by atoms with E-state index in [4.69, 9.17) is 18.9 Å². The minimum Gasteiger partial charge on any atom is -0.493 e. The van der Waals surface area contributed by atoms with Gasteiger partial charge in [0, 0.05) is 18.6 Å². The number of carbonyl (C=O) groups is 1. The molecular formula is C24H28NO5+. The first-order valence-corrected chi connectivity index (χ1v) is 9.64. The lowest BCUT2D eigenvalue weighted by atomic mass is 9.96. The molecule has 30 heavy (non-hydrogen) atoms. The first kappa shape index (κ1) is 21.4. The van der Waals surface area contributed by atoms with E-state index in [0.717, 1.165) is 27.7 Å². The van der Waals surface area contributed by atoms with Crippen LogP contribution in [0.4, 0.5) is 0 Å². The fourth-order valence-corrected chi connectivity index (χ4v) is 3.77. The topological polar surface area (TPSA) is 57.9 Å². The molecule has 0 fully saturated rings. The molecule has 0 spiro atoms. The van der Waals surface area contributed by atoms with E-state index in [-0.39, 0.29) is 5.78 Å². The van der Waals surface area contributed by atoms with E-state index in [9.17, 15) is 4.79 Å². The van der Waals surface area contributed by atoms with Crippen molar-refractivity contribution >= 4 is 16.6 Å². The molecule has 3 aromatic rings. The summed E-state index contributed by atoms with van der Waals surface area (Å²) in [5.41, 5.74) is 3.63. The Hall–Kier alpha value is -3.28. The SMILES string of the molecule is COc1cc(Cc2c3cc(OC)c(OC)cc3cc(C)[n+]2C)c(C(C)=O)cc1OC. The van der Waals surface area contributed by atoms with Gasteiger partial charge in [-0.2, -0.15) is 0 Å². The Labute approximate surface area is 176 Å². The lowest BCUT2D eigenvalue weighted by Gasteiger charge is -2.15. The van der Waals surface area contributed by atoms with Gasteiger partial charge < -0.3 is 18.9 Å². The molecule has 0 aliphatic carbocycles. The number of pyridine rings is 1. The molecule has 0 aliphatic rings. The Morgan fingerprint density at radius 3 is 1.93 bits per heavy atom. The molecule has 0 unspecified atom stereocenters. The molecule has 158 valence electrons. The molecule has 0 amide bonds. The summed E-state index contributed by atoms with van der Waals surface area (Å²) in [6.07, 6.45) is 0.541. The molecule has 1 heterocycles. The van der Waals surface area contributed by atoms with E-state index in [1.165, 1.54) is 0 Å². The normalized spacial score (nSPS) is 10.8. The van der Waals surface area contributed by atoms with Crippen molar-refractivity contribution in [2.75, 3.05) is 28.4 Å². The summed E-state index contributed by atoms with van der Waals surface area (Å²) in [5, 5.41) is 2.08. The van der Waals surface area contributed by atoms with Crippen molar-refractivity contribution < 1.29 is 28.3 Å². The molecule has 0 radical (unpaired) electrons. The van der Waals surface area contributed by atoms with Crippen molar-refractivity contribution in [2.24, 2.45) is 7.05 Å². The first-order valence-electron chi connectivity index (χ1n) is 9.64. The second-order valence-electron chi connectivity index (χ2n) is 7.18. The van der Waals surface area contributed by atoms with Crippen molar-refractivity contribution in [3.8, 4) is 23.0 Å². The van der Waals surface area contributed by atoms with Crippen LogP contribution >= 0.6 is 0 Å². The number of ether oxygens (including phenoxy) is 4. The highest BCUT2D eigenvalue weighted by atomic mass is 16.5. The maximum Gasteiger partial charge on any atom is 0.193 e. The Kier molecular flexibility index (Phi) is 6.15. The van der Waals surface area contributed by atoms with Gasteiger partial charge in [-0.15, -0.1) is 0 Å². The van der Waals surface area contributed by atoms with Gasteiger partial charge in [0.1, 0.15) is 7.05 Å². The number of rotatable bonds is 7. The minimum absolute atomic E-state index is 0.0233. The minimum atomic E-state index is -0.0233. The Morgan fingerprint density at radius 1 is 0.833 bits per heavy atom. The number of hydrogen-bond donors (Lipinski definition) is 0. The van der Waals surface area contributed by atoms with Crippen molar-refractivity contribution in [2.45, 2.75) is 20.3 Å². The molecule has 0 N–H and O–H groups in total. The fraction of sp³-hybridized carbons (Fsp3) is 0.333. The van der Waals surface area contributed by atoms with Crippen molar-refractivity contribution in [3.05, 3.63) is 52.8 Å². The van der Waals surface area contributed by atoms with Crippen LogP contribution in [0.3, 0.4) is 0 Å². The molecule has 0 atom stereocenters. The Balaban J connectivity index is 2.27. The Morgan fingerprint density at radius 2 is 1.37 bits per heavy atom. The van der Waals surface area contributed by atoms with E-state index < -0.39 is 0 Å². The maximum absolute atomic E-state index is 12.4. The number of fused-ring (bicyclic) bond motifs is 1. The molecule has 6 nitrogen and oxygen atoms in total. The van der Waals surface area contributed by atoms with Gasteiger partial charge in [-0.25, -0.2) is 4.57 Å². The molecule has 6 heteroatoms. The molecule has 0 saturated heterocycles. The largest absolute Gasteiger partial charge is 0.493 e. The smallest absolute Gasteiger partial charge is 0.193 e. The van der Waals surface area contributed by atoms with E-state index in [1.807, 2.05) is 25.2 Å². The summed E-state index contributed by atoms with van der Waals surface area (Å²) in [6.45, 7) is 3.62. The number of carbonyl (C=O) groups excluding carboxylic acids is 1. The van der Waals surface area contributed by atoms with Gasteiger partial charge in [0.15, 0.2) is 40.2 Å². The quantitative estimate of drug-likeness (QED) is 0.438. The van der Waals surface area contributed by atoms with Gasteiger partial charge in [0.05, 0.1) is 40.2 Å². The maximum atomic E-state index is 12.4. The fourth-order valence-electron chi connectivity index (χ4n) is 3.77. The van der Waals surface area contributed by atoms with Gasteiger partial charge >= 0.3 is 0 Å². The summed E-state index contributed by atoms with van der Waals surface area (Å²) >= 11 is 0. The second kappa shape index (κ2) is 8.61. The van der Waals surface area contributed by atoms with Crippen molar-refractivity contribution in [1.82, 2.24) is 0 Å². The first-order chi connectivity index (χ1) is 14.3. The van der Waals surface area contributed by atoms with E-state index >= 15 is 0 Å². The number of nitrogens with zero attached hydrogens (tertiary/aromatic N) is 1. The predicted molar refractivity (Wildman–Crippen MR) is 115 cm³/mol. The molecule has 1 aromatic heterocycles. The highest BCUT2D eigenvalue weighted by Gasteiger charge is 2.22. The van der Waals surface area contributed by atoms with Gasteiger partial charge in [-0.1, -0.05) is 0 Å². The highest BCUT2D eigenvalue weighted by Crippen LogP contribution is 2.35. The van der Waals surface area contributed by atoms with Crippen molar-refractivity contribution in [3.63, 3.8) is 0 Å². The summed E-state index contributed by atoms with van der Waals surface area (Å²) < 4.78 is 24.0. The predicted octanol–water partition coefficient (Wildman–Crippen LogP) is 3.80. The molecule has 3 rings (SSSR count). The third-order valence-electron chi connectivity index (χ3n) is 5.51. The van der Waals surface area contributed by atoms with E-state index in [2.05, 4.69) is 17.6 Å². The molecule has 0 aliphatic heterocycles. The number of hydrogen-bond acceptors (Lipinski definition) is 5. The van der Waals surface area contributed by atoms with Crippen LogP contribution in [0.1, 0.15) is 34.2 Å². The number of methoxy groups -OCH3 is 4. The number of aromatic nitrogens is 1.